The molecule has 0 aliphatic carbocycles. The minimum atomic E-state index is 0.608. The Labute approximate surface area is 368 Å². The molecule has 0 amide bonds. The summed E-state index contributed by atoms with van der Waals surface area (Å²) in [4.78, 5) is 46.0. The summed E-state index contributed by atoms with van der Waals surface area (Å²) in [6.45, 7) is 0. The number of benzene rings is 11. The van der Waals surface area contributed by atoms with Gasteiger partial charge in [0, 0.05) is 33.6 Å². The van der Waals surface area contributed by atoms with Crippen LogP contribution in [0.5, 0.6) is 0 Å². The Bertz CT molecular complexity index is 3200. The average molecular weight is 827 g/mol. The van der Waals surface area contributed by atoms with Crippen LogP contribution in [0.15, 0.2) is 182 Å². The van der Waals surface area contributed by atoms with Crippen molar-refractivity contribution in [1.82, 2.24) is 0 Å². The van der Waals surface area contributed by atoms with E-state index in [1.54, 1.807) is 0 Å². The van der Waals surface area contributed by atoms with E-state index in [1.807, 2.05) is 133 Å². The summed E-state index contributed by atoms with van der Waals surface area (Å²) in [6.07, 6.45) is 3.39. The predicted octanol–water partition coefficient (Wildman–Crippen LogP) is 13.7. The second-order valence-electron chi connectivity index (χ2n) is 16.0. The first kappa shape index (κ1) is 39.4. The number of aldehydes is 4. The van der Waals surface area contributed by atoms with E-state index >= 15 is 0 Å². The second kappa shape index (κ2) is 16.3. The number of anilines is 2. The summed E-state index contributed by atoms with van der Waals surface area (Å²) >= 11 is 0. The first-order valence-corrected chi connectivity index (χ1v) is 20.8. The Balaban J connectivity index is 0.000000253. The molecule has 304 valence electrons. The van der Waals surface area contributed by atoms with E-state index in [2.05, 4.69) is 48.5 Å². The van der Waals surface area contributed by atoms with Crippen LogP contribution >= 0.6 is 0 Å². The highest BCUT2D eigenvalue weighted by Gasteiger charge is 2.21. The van der Waals surface area contributed by atoms with Crippen LogP contribution in [0.3, 0.4) is 0 Å². The van der Waals surface area contributed by atoms with Crippen LogP contribution in [0, 0.1) is 0 Å². The van der Waals surface area contributed by atoms with Crippen molar-refractivity contribution in [1.29, 1.82) is 0 Å². The van der Waals surface area contributed by atoms with Gasteiger partial charge < -0.3 is 11.5 Å². The Morgan fingerprint density at radius 3 is 0.781 bits per heavy atom. The summed E-state index contributed by atoms with van der Waals surface area (Å²) < 4.78 is 0. The zero-order chi connectivity index (χ0) is 43.9. The fourth-order valence-electron chi connectivity index (χ4n) is 8.95. The molecule has 11 aromatic rings. The smallest absolute Gasteiger partial charge is 0.150 e. The van der Waals surface area contributed by atoms with E-state index in [4.69, 9.17) is 11.5 Å². The third-order valence-electron chi connectivity index (χ3n) is 12.2. The van der Waals surface area contributed by atoms with Gasteiger partial charge in [-0.15, -0.1) is 0 Å². The molecule has 0 heterocycles. The van der Waals surface area contributed by atoms with Crippen molar-refractivity contribution in [3.8, 4) is 44.5 Å². The Hall–Kier alpha value is -8.74. The maximum atomic E-state index is 11.5. The van der Waals surface area contributed by atoms with Crippen molar-refractivity contribution >= 4 is 90.4 Å². The molecule has 0 spiro atoms. The largest absolute Gasteiger partial charge is 0.399 e. The highest BCUT2D eigenvalue weighted by Crippen LogP contribution is 2.48. The molecule has 11 rings (SSSR count). The van der Waals surface area contributed by atoms with Crippen molar-refractivity contribution in [2.75, 3.05) is 11.5 Å². The zero-order valence-electron chi connectivity index (χ0n) is 34.4. The van der Waals surface area contributed by atoms with Gasteiger partial charge in [0.25, 0.3) is 0 Å². The number of fused-ring (bicyclic) bond motifs is 2. The average Bonchev–Trinajstić information content (AvgIpc) is 3.35. The maximum Gasteiger partial charge on any atom is 0.150 e. The fraction of sp³-hybridized carbons (Fsp3) is 0. The van der Waals surface area contributed by atoms with Gasteiger partial charge in [0.2, 0.25) is 0 Å². The molecule has 64 heavy (non-hydrogen) atoms. The molecular weight excluding hydrogens is 789 g/mol. The molecule has 0 aliphatic rings. The highest BCUT2D eigenvalue weighted by molar-refractivity contribution is 6.32. The van der Waals surface area contributed by atoms with Crippen LogP contribution < -0.4 is 11.5 Å². The molecule has 0 fully saturated rings. The molecule has 0 unspecified atom stereocenters. The minimum absolute atomic E-state index is 0.608. The van der Waals surface area contributed by atoms with E-state index in [0.29, 0.717) is 22.3 Å². The van der Waals surface area contributed by atoms with Gasteiger partial charge >= 0.3 is 0 Å². The molecule has 4 N–H and O–H groups in total. The monoisotopic (exact) mass is 826 g/mol. The zero-order valence-corrected chi connectivity index (χ0v) is 34.4. The second-order valence-corrected chi connectivity index (χ2v) is 16.0. The van der Waals surface area contributed by atoms with Crippen molar-refractivity contribution in [3.63, 3.8) is 0 Å². The van der Waals surface area contributed by atoms with Crippen molar-refractivity contribution < 1.29 is 19.2 Å². The fourth-order valence-corrected chi connectivity index (χ4v) is 8.95. The van der Waals surface area contributed by atoms with Gasteiger partial charge in [-0.3, -0.25) is 19.2 Å². The first-order valence-electron chi connectivity index (χ1n) is 20.8. The van der Waals surface area contributed by atoms with Crippen LogP contribution in [0.2, 0.25) is 0 Å². The molecule has 0 radical (unpaired) electrons. The number of carbonyl (C=O) groups excluding carboxylic acids is 4. The lowest BCUT2D eigenvalue weighted by Gasteiger charge is -2.21. The molecule has 0 atom stereocenters. The summed E-state index contributed by atoms with van der Waals surface area (Å²) in [5, 5.41) is 11.2. The maximum absolute atomic E-state index is 11.5. The van der Waals surface area contributed by atoms with Gasteiger partial charge in [-0.25, -0.2) is 0 Å². The van der Waals surface area contributed by atoms with E-state index in [-0.39, 0.29) is 0 Å². The van der Waals surface area contributed by atoms with Gasteiger partial charge in [-0.1, -0.05) is 133 Å². The van der Waals surface area contributed by atoms with E-state index in [9.17, 15) is 19.2 Å². The Kier molecular flexibility index (Phi) is 10.0. The number of nitrogen functional groups attached to an aromatic ring is 2. The lowest BCUT2D eigenvalue weighted by Crippen LogP contribution is -1.95. The van der Waals surface area contributed by atoms with Crippen LogP contribution in [0.4, 0.5) is 11.4 Å². The molecule has 6 heteroatoms. The van der Waals surface area contributed by atoms with E-state index in [0.717, 1.165) is 124 Å². The van der Waals surface area contributed by atoms with Gasteiger partial charge in [0.05, 0.1) is 0 Å². The van der Waals surface area contributed by atoms with Gasteiger partial charge in [-0.05, 0) is 147 Å². The van der Waals surface area contributed by atoms with E-state index in [1.165, 1.54) is 10.8 Å². The highest BCUT2D eigenvalue weighted by atomic mass is 16.1. The molecule has 6 nitrogen and oxygen atoms in total. The number of hydrogen-bond donors (Lipinski definition) is 2. The van der Waals surface area contributed by atoms with Crippen LogP contribution in [0.25, 0.3) is 98.4 Å². The molecule has 0 aliphatic heterocycles. The molecule has 0 aromatic heterocycles. The van der Waals surface area contributed by atoms with Crippen molar-refractivity contribution in [2.45, 2.75) is 0 Å². The third-order valence-corrected chi connectivity index (χ3v) is 12.2. The predicted molar refractivity (Wildman–Crippen MR) is 264 cm³/mol. The van der Waals surface area contributed by atoms with Crippen molar-refractivity contribution in [2.24, 2.45) is 0 Å². The number of hydrogen-bond acceptors (Lipinski definition) is 6. The quantitative estimate of drug-likeness (QED) is 0.0681. The van der Waals surface area contributed by atoms with Crippen LogP contribution in [-0.4, -0.2) is 25.1 Å². The number of nitrogens with two attached hydrogens (primary N) is 2. The first-order chi connectivity index (χ1) is 31.3. The normalized spacial score (nSPS) is 11.2. The minimum Gasteiger partial charge on any atom is -0.399 e. The standard InChI is InChI=1S/C44H26O4.C14H12N2/c45-23-27-1-9-31(10-2-27)39-21-40(32-11-3-28(24-46)4-12-32)36-19-20-38-42(34-15-7-30(26-48)8-16-34)22-41(33-13-5-29(25-47)6-14-33)37-18-17-35(39)43(36)44(37)38;15-13-3-1-9-5-12-8-14(16)4-2-10(12)6-11(9)7-13/h1-26H;1-8H,15-16H2. The van der Waals surface area contributed by atoms with Crippen molar-refractivity contribution in [3.05, 3.63) is 204 Å². The topological polar surface area (TPSA) is 120 Å². The van der Waals surface area contributed by atoms with Crippen LogP contribution in [-0.2, 0) is 0 Å². The van der Waals surface area contributed by atoms with Gasteiger partial charge in [0.1, 0.15) is 25.1 Å². The summed E-state index contributed by atoms with van der Waals surface area (Å²) in [6, 6.07) is 59.8. The number of carbonyl (C=O) groups is 4. The van der Waals surface area contributed by atoms with Gasteiger partial charge in [0.15, 0.2) is 0 Å². The van der Waals surface area contributed by atoms with Crippen LogP contribution in [0.1, 0.15) is 41.4 Å². The SMILES string of the molecule is Nc1ccc2cc3cc(N)ccc3cc2c1.O=Cc1ccc(-c2cc(-c3ccc(C=O)cc3)c3ccc4c(-c5ccc(C=O)cc5)cc(-c5ccc(C=O)cc5)c5ccc2c3c54)cc1. The summed E-state index contributed by atoms with van der Waals surface area (Å²) in [5.74, 6) is 0. The summed E-state index contributed by atoms with van der Waals surface area (Å²) in [5.41, 5.74) is 23.6. The Morgan fingerprint density at radius 1 is 0.266 bits per heavy atom. The Morgan fingerprint density at radius 2 is 0.531 bits per heavy atom. The molecule has 0 saturated carbocycles. The molecule has 11 aromatic carbocycles. The lowest BCUT2D eigenvalue weighted by molar-refractivity contribution is 0.111. The summed E-state index contributed by atoms with van der Waals surface area (Å²) in [7, 11) is 0. The molecular formula is C58H38N2O4. The van der Waals surface area contributed by atoms with E-state index < -0.39 is 0 Å². The lowest BCUT2D eigenvalue weighted by atomic mass is 9.82. The van der Waals surface area contributed by atoms with Gasteiger partial charge in [-0.2, -0.15) is 0 Å². The molecule has 0 saturated heterocycles. The molecule has 0 bridgehead atoms. The third kappa shape index (κ3) is 7.09. The number of rotatable bonds is 8.